The predicted octanol–water partition coefficient (Wildman–Crippen LogP) is 9.69. The number of rotatable bonds is 1. The minimum Gasteiger partial charge on any atom is -0.184 e. The molecule has 2 aromatic carbocycles. The van der Waals surface area contributed by atoms with Crippen LogP contribution < -0.4 is 0 Å². The SMILES string of the molecule is CC.CC.CC.CC.CC.CC.CCc1cc[c-]cc1.[W+2].[c-]1ccccc1. The summed E-state index contributed by atoms with van der Waals surface area (Å²) in [6.07, 6.45) is 1.12. The monoisotopic (exact) mass is 546 g/mol. The summed E-state index contributed by atoms with van der Waals surface area (Å²) in [4.78, 5) is 0. The molecule has 0 aliphatic carbocycles. The molecular weight excluding hydrogens is 496 g/mol. The summed E-state index contributed by atoms with van der Waals surface area (Å²) in [6, 6.07) is 23.5. The fourth-order valence-electron chi connectivity index (χ4n) is 0.999. The third-order valence-corrected chi connectivity index (χ3v) is 1.80. The molecule has 0 aliphatic heterocycles. The van der Waals surface area contributed by atoms with Crippen LogP contribution >= 0.6 is 0 Å². The van der Waals surface area contributed by atoms with Crippen LogP contribution in [0.5, 0.6) is 0 Å². The van der Waals surface area contributed by atoms with Gasteiger partial charge in [-0.15, -0.1) is 0 Å². The topological polar surface area (TPSA) is 0 Å². The molecule has 0 aliphatic rings. The average molecular weight is 547 g/mol. The molecule has 1 heteroatoms. The van der Waals surface area contributed by atoms with Crippen molar-refractivity contribution in [3.8, 4) is 0 Å². The Morgan fingerprint density at radius 1 is 0.519 bits per heavy atom. The summed E-state index contributed by atoms with van der Waals surface area (Å²) in [5.41, 5.74) is 1.38. The van der Waals surface area contributed by atoms with Gasteiger partial charge in [-0.2, -0.15) is 72.3 Å². The van der Waals surface area contributed by atoms with Crippen molar-refractivity contribution < 1.29 is 21.1 Å². The molecule has 0 N–H and O–H groups in total. The van der Waals surface area contributed by atoms with E-state index in [1.807, 2.05) is 126 Å². The van der Waals surface area contributed by atoms with Gasteiger partial charge in [0.2, 0.25) is 0 Å². The molecule has 27 heavy (non-hydrogen) atoms. The second-order valence-electron chi connectivity index (χ2n) is 2.84. The van der Waals surface area contributed by atoms with Crippen LogP contribution in [0.15, 0.2) is 54.6 Å². The molecular formula is C26H50W. The summed E-state index contributed by atoms with van der Waals surface area (Å²) < 4.78 is 0. The van der Waals surface area contributed by atoms with Gasteiger partial charge in [0, 0.05) is 0 Å². The summed E-state index contributed by atoms with van der Waals surface area (Å²) in [5.74, 6) is 0. The van der Waals surface area contributed by atoms with Crippen LogP contribution in [0.2, 0.25) is 0 Å². The van der Waals surface area contributed by atoms with Crippen molar-refractivity contribution in [3.63, 3.8) is 0 Å². The van der Waals surface area contributed by atoms with E-state index in [2.05, 4.69) is 31.2 Å². The Hall–Kier alpha value is -0.872. The van der Waals surface area contributed by atoms with E-state index in [-0.39, 0.29) is 21.1 Å². The fourth-order valence-corrected chi connectivity index (χ4v) is 0.999. The van der Waals surface area contributed by atoms with Gasteiger partial charge in [0.25, 0.3) is 0 Å². The Morgan fingerprint density at radius 2 is 0.815 bits per heavy atom. The van der Waals surface area contributed by atoms with Gasteiger partial charge in [-0.1, -0.05) is 96.4 Å². The molecule has 2 rings (SSSR count). The summed E-state index contributed by atoms with van der Waals surface area (Å²) in [7, 11) is 0. The van der Waals surface area contributed by atoms with Crippen molar-refractivity contribution in [1.29, 1.82) is 0 Å². The third-order valence-electron chi connectivity index (χ3n) is 1.80. The van der Waals surface area contributed by atoms with E-state index in [1.165, 1.54) is 5.56 Å². The normalized spacial score (nSPS) is 5.81. The van der Waals surface area contributed by atoms with Crippen molar-refractivity contribution in [2.24, 2.45) is 0 Å². The van der Waals surface area contributed by atoms with E-state index in [9.17, 15) is 0 Å². The number of hydrogen-bond acceptors (Lipinski definition) is 0. The molecule has 0 saturated carbocycles. The van der Waals surface area contributed by atoms with E-state index in [1.54, 1.807) is 0 Å². The molecule has 0 spiro atoms. The molecule has 0 saturated heterocycles. The first kappa shape index (κ1) is 45.1. The maximum atomic E-state index is 2.97. The Labute approximate surface area is 189 Å². The van der Waals surface area contributed by atoms with E-state index in [0.717, 1.165) is 6.42 Å². The Kier molecular flexibility index (Phi) is 122. The maximum Gasteiger partial charge on any atom is 2.00 e. The second-order valence-corrected chi connectivity index (χ2v) is 2.84. The van der Waals surface area contributed by atoms with Crippen LogP contribution in [-0.4, -0.2) is 0 Å². The number of benzene rings is 2. The molecule has 0 radical (unpaired) electrons. The van der Waals surface area contributed by atoms with Crippen molar-refractivity contribution in [1.82, 2.24) is 0 Å². The maximum absolute atomic E-state index is 2.97. The largest absolute Gasteiger partial charge is 2.00 e. The van der Waals surface area contributed by atoms with Crippen LogP contribution in [-0.2, 0) is 27.5 Å². The second kappa shape index (κ2) is 73.3. The zero-order valence-corrected chi connectivity index (χ0v) is 23.7. The zero-order chi connectivity index (χ0) is 22.1. The quantitative estimate of drug-likeness (QED) is 0.313. The zero-order valence-electron chi connectivity index (χ0n) is 20.8. The number of hydrogen-bond donors (Lipinski definition) is 0. The van der Waals surface area contributed by atoms with Gasteiger partial charge in [-0.25, -0.2) is 0 Å². The van der Waals surface area contributed by atoms with Crippen LogP contribution in [0.25, 0.3) is 0 Å². The number of aryl methyl sites for hydroxylation is 1. The Bertz CT molecular complexity index is 290. The molecule has 0 heterocycles. The van der Waals surface area contributed by atoms with Gasteiger partial charge in [-0.05, 0) is 0 Å². The molecule has 0 atom stereocenters. The molecule has 0 nitrogen and oxygen atoms in total. The van der Waals surface area contributed by atoms with E-state index < -0.39 is 0 Å². The minimum atomic E-state index is 0. The van der Waals surface area contributed by atoms with E-state index >= 15 is 0 Å². The van der Waals surface area contributed by atoms with Gasteiger partial charge >= 0.3 is 21.1 Å². The molecule has 0 unspecified atom stereocenters. The van der Waals surface area contributed by atoms with Gasteiger partial charge in [0.05, 0.1) is 0 Å². The molecule has 2 aromatic rings. The standard InChI is InChI=1S/C8H9.C6H5.6C2H6.W/c1-2-8-6-4-3-5-7-8;1-2-4-6-5-3-1;6*1-2;/h4-7H,2H2,1H3;1-5H;6*1-2H3;/q2*-1;;;;;;;+2. The van der Waals surface area contributed by atoms with Crippen LogP contribution in [0.4, 0.5) is 0 Å². The Morgan fingerprint density at radius 3 is 0.963 bits per heavy atom. The van der Waals surface area contributed by atoms with Crippen LogP contribution in [0.1, 0.15) is 95.6 Å². The Balaban J connectivity index is -0.0000000379. The van der Waals surface area contributed by atoms with Crippen molar-refractivity contribution in [2.45, 2.75) is 96.4 Å². The average Bonchev–Trinajstić information content (AvgIpc) is 2.84. The fraction of sp³-hybridized carbons (Fsp3) is 0.538. The minimum absolute atomic E-state index is 0. The van der Waals surface area contributed by atoms with Gasteiger partial charge in [0.1, 0.15) is 0 Å². The van der Waals surface area contributed by atoms with Crippen molar-refractivity contribution in [2.75, 3.05) is 0 Å². The first-order valence-corrected chi connectivity index (χ1v) is 10.8. The summed E-state index contributed by atoms with van der Waals surface area (Å²) in [5, 5.41) is 0. The molecule has 0 bridgehead atoms. The first-order chi connectivity index (χ1) is 12.9. The third kappa shape index (κ3) is 58.7. The molecule has 0 aromatic heterocycles. The smallest absolute Gasteiger partial charge is 0.184 e. The van der Waals surface area contributed by atoms with Crippen LogP contribution in [0.3, 0.4) is 0 Å². The van der Waals surface area contributed by atoms with Gasteiger partial charge < -0.3 is 0 Å². The first-order valence-electron chi connectivity index (χ1n) is 10.8. The summed E-state index contributed by atoms with van der Waals surface area (Å²) >= 11 is 0. The van der Waals surface area contributed by atoms with Crippen LogP contribution in [0, 0.1) is 12.1 Å². The van der Waals surface area contributed by atoms with Gasteiger partial charge in [0.15, 0.2) is 0 Å². The van der Waals surface area contributed by atoms with Gasteiger partial charge in [-0.3, -0.25) is 0 Å². The molecule has 0 fully saturated rings. The summed E-state index contributed by atoms with van der Waals surface area (Å²) in [6.45, 7) is 26.1. The molecule has 0 amide bonds. The predicted molar refractivity (Wildman–Crippen MR) is 128 cm³/mol. The van der Waals surface area contributed by atoms with E-state index in [0.29, 0.717) is 0 Å². The van der Waals surface area contributed by atoms with E-state index in [4.69, 9.17) is 0 Å². The van der Waals surface area contributed by atoms with Crippen molar-refractivity contribution >= 4 is 0 Å². The molecule has 160 valence electrons. The van der Waals surface area contributed by atoms with Crippen molar-refractivity contribution in [3.05, 3.63) is 72.3 Å².